The van der Waals surface area contributed by atoms with Crippen LogP contribution < -0.4 is 0 Å². The van der Waals surface area contributed by atoms with Gasteiger partial charge in [-0.2, -0.15) is 0 Å². The van der Waals surface area contributed by atoms with E-state index >= 15 is 0 Å². The van der Waals surface area contributed by atoms with E-state index in [1.165, 1.54) is 5.56 Å². The first-order chi connectivity index (χ1) is 7.20. The predicted molar refractivity (Wildman–Crippen MR) is 62.4 cm³/mol. The van der Waals surface area contributed by atoms with Crippen molar-refractivity contribution in [3.8, 4) is 0 Å². The first-order valence-corrected chi connectivity index (χ1v) is 5.56. The number of benzene rings is 1. The Balaban J connectivity index is 2.20. The van der Waals surface area contributed by atoms with Gasteiger partial charge in [-0.25, -0.2) is 0 Å². The number of halogens is 1. The van der Waals surface area contributed by atoms with Crippen molar-refractivity contribution in [1.29, 1.82) is 0 Å². The van der Waals surface area contributed by atoms with Crippen molar-refractivity contribution in [2.45, 2.75) is 32.8 Å². The van der Waals surface area contributed by atoms with Gasteiger partial charge in [-0.15, -0.1) is 0 Å². The van der Waals surface area contributed by atoms with E-state index in [9.17, 15) is 0 Å². The van der Waals surface area contributed by atoms with Crippen molar-refractivity contribution in [3.63, 3.8) is 0 Å². The van der Waals surface area contributed by atoms with Gasteiger partial charge in [0, 0.05) is 11.4 Å². The van der Waals surface area contributed by atoms with Gasteiger partial charge >= 0.3 is 0 Å². The maximum atomic E-state index is 6.15. The van der Waals surface area contributed by atoms with Gasteiger partial charge in [-0.05, 0) is 30.5 Å². The summed E-state index contributed by atoms with van der Waals surface area (Å²) in [5, 5.41) is 4.76. The van der Waals surface area contributed by atoms with Gasteiger partial charge in [0.2, 0.25) is 0 Å². The highest BCUT2D eigenvalue weighted by Gasteiger charge is 2.20. The summed E-state index contributed by atoms with van der Waals surface area (Å²) in [6.45, 7) is 4.07. The molecule has 3 heteroatoms. The average molecular weight is 224 g/mol. The normalized spacial score (nSPS) is 19.9. The summed E-state index contributed by atoms with van der Waals surface area (Å²) in [5.74, 6) is 0. The van der Waals surface area contributed by atoms with Gasteiger partial charge in [0.15, 0.2) is 6.10 Å². The molecule has 0 bridgehead atoms. The van der Waals surface area contributed by atoms with Crippen LogP contribution in [0.2, 0.25) is 5.02 Å². The van der Waals surface area contributed by atoms with Crippen LogP contribution in [0.25, 0.3) is 0 Å². The lowest BCUT2D eigenvalue weighted by atomic mass is 10.0. The van der Waals surface area contributed by atoms with Gasteiger partial charge in [0.25, 0.3) is 0 Å². The van der Waals surface area contributed by atoms with Gasteiger partial charge < -0.3 is 4.84 Å². The quantitative estimate of drug-likeness (QED) is 0.749. The molecule has 0 aromatic heterocycles. The van der Waals surface area contributed by atoms with E-state index in [1.807, 2.05) is 13.0 Å². The maximum absolute atomic E-state index is 6.15. The van der Waals surface area contributed by atoms with E-state index in [2.05, 4.69) is 24.2 Å². The number of rotatable bonds is 2. The highest BCUT2D eigenvalue weighted by atomic mass is 35.5. The summed E-state index contributed by atoms with van der Waals surface area (Å²) in [4.78, 5) is 5.31. The molecule has 80 valence electrons. The fourth-order valence-corrected chi connectivity index (χ4v) is 2.05. The Kier molecular flexibility index (Phi) is 2.96. The van der Waals surface area contributed by atoms with Crippen LogP contribution in [0.15, 0.2) is 23.4 Å². The lowest BCUT2D eigenvalue weighted by molar-refractivity contribution is 0.0857. The molecule has 1 aliphatic rings. The van der Waals surface area contributed by atoms with Gasteiger partial charge in [0.1, 0.15) is 0 Å². The van der Waals surface area contributed by atoms with Crippen LogP contribution in [0, 0.1) is 0 Å². The van der Waals surface area contributed by atoms with E-state index in [1.54, 1.807) is 0 Å². The van der Waals surface area contributed by atoms with Crippen molar-refractivity contribution in [2.75, 3.05) is 0 Å². The topological polar surface area (TPSA) is 21.6 Å². The van der Waals surface area contributed by atoms with E-state index in [0.29, 0.717) is 0 Å². The molecule has 1 aliphatic heterocycles. The van der Waals surface area contributed by atoms with Crippen LogP contribution in [-0.4, -0.2) is 5.71 Å². The Bertz CT molecular complexity index is 401. The Morgan fingerprint density at radius 2 is 2.33 bits per heavy atom. The molecule has 0 N–H and O–H groups in total. The van der Waals surface area contributed by atoms with E-state index < -0.39 is 0 Å². The molecular formula is C12H14ClNO. The summed E-state index contributed by atoms with van der Waals surface area (Å²) in [6.07, 6.45) is 1.87. The lowest BCUT2D eigenvalue weighted by Crippen LogP contribution is -1.98. The summed E-state index contributed by atoms with van der Waals surface area (Å²) in [6, 6.07) is 6.12. The van der Waals surface area contributed by atoms with Crippen molar-refractivity contribution in [3.05, 3.63) is 34.3 Å². The van der Waals surface area contributed by atoms with E-state index in [4.69, 9.17) is 16.4 Å². The Labute approximate surface area is 94.9 Å². The fraction of sp³-hybridized carbons (Fsp3) is 0.417. The van der Waals surface area contributed by atoms with Gasteiger partial charge in [-0.1, -0.05) is 35.8 Å². The minimum atomic E-state index is 0.0495. The zero-order chi connectivity index (χ0) is 10.8. The van der Waals surface area contributed by atoms with E-state index in [-0.39, 0.29) is 6.10 Å². The van der Waals surface area contributed by atoms with Gasteiger partial charge in [-0.3, -0.25) is 0 Å². The molecule has 2 rings (SSSR count). The van der Waals surface area contributed by atoms with Crippen molar-refractivity contribution < 1.29 is 4.84 Å². The zero-order valence-electron chi connectivity index (χ0n) is 8.96. The van der Waals surface area contributed by atoms with Crippen molar-refractivity contribution in [2.24, 2.45) is 5.16 Å². The minimum absolute atomic E-state index is 0.0495. The maximum Gasteiger partial charge on any atom is 0.157 e. The predicted octanol–water partition coefficient (Wildman–Crippen LogP) is 3.74. The minimum Gasteiger partial charge on any atom is -0.387 e. The summed E-state index contributed by atoms with van der Waals surface area (Å²) >= 11 is 6.15. The second-order valence-corrected chi connectivity index (χ2v) is 4.24. The Hall–Kier alpha value is -1.02. The second-order valence-electron chi connectivity index (χ2n) is 3.83. The molecule has 0 aliphatic carbocycles. The largest absolute Gasteiger partial charge is 0.387 e. The average Bonchev–Trinajstić information content (AvgIpc) is 2.65. The highest BCUT2D eigenvalue weighted by molar-refractivity contribution is 6.31. The number of hydrogen-bond acceptors (Lipinski definition) is 2. The van der Waals surface area contributed by atoms with Crippen LogP contribution in [-0.2, 0) is 11.3 Å². The summed E-state index contributed by atoms with van der Waals surface area (Å²) in [5.41, 5.74) is 3.32. The SMILES string of the molecule is CCc1ccc(C2CC(C)=NO2)cc1Cl. The third-order valence-electron chi connectivity index (χ3n) is 2.65. The van der Waals surface area contributed by atoms with Gasteiger partial charge in [0.05, 0.1) is 5.71 Å². The number of nitrogens with zero attached hydrogens (tertiary/aromatic N) is 1. The van der Waals surface area contributed by atoms with Crippen molar-refractivity contribution in [1.82, 2.24) is 0 Å². The van der Waals surface area contributed by atoms with Crippen LogP contribution >= 0.6 is 11.6 Å². The van der Waals surface area contributed by atoms with Crippen LogP contribution in [0.5, 0.6) is 0 Å². The first-order valence-electron chi connectivity index (χ1n) is 5.18. The molecule has 0 saturated carbocycles. The first kappa shape index (κ1) is 10.5. The third-order valence-corrected chi connectivity index (χ3v) is 3.00. The lowest BCUT2D eigenvalue weighted by Gasteiger charge is -2.10. The molecule has 0 radical (unpaired) electrons. The molecule has 1 aromatic carbocycles. The second kappa shape index (κ2) is 4.23. The molecule has 1 aromatic rings. The number of aryl methyl sites for hydroxylation is 1. The van der Waals surface area contributed by atoms with Crippen molar-refractivity contribution >= 4 is 17.3 Å². The Morgan fingerprint density at radius 1 is 1.53 bits per heavy atom. The smallest absolute Gasteiger partial charge is 0.157 e. The standard InChI is InChI=1S/C12H14ClNO/c1-3-9-4-5-10(7-11(9)13)12-6-8(2)14-15-12/h4-5,7,12H,3,6H2,1-2H3. The summed E-state index contributed by atoms with van der Waals surface area (Å²) in [7, 11) is 0. The van der Waals surface area contributed by atoms with E-state index in [0.717, 1.165) is 29.1 Å². The summed E-state index contributed by atoms with van der Waals surface area (Å²) < 4.78 is 0. The molecule has 0 spiro atoms. The molecule has 0 amide bonds. The fourth-order valence-electron chi connectivity index (χ4n) is 1.73. The highest BCUT2D eigenvalue weighted by Crippen LogP contribution is 2.30. The number of oxime groups is 1. The monoisotopic (exact) mass is 223 g/mol. The molecule has 1 heterocycles. The molecule has 1 atom stereocenters. The molecule has 0 saturated heterocycles. The van der Waals surface area contributed by atoms with Crippen LogP contribution in [0.1, 0.15) is 37.5 Å². The molecular weight excluding hydrogens is 210 g/mol. The molecule has 2 nitrogen and oxygen atoms in total. The molecule has 1 unspecified atom stereocenters. The Morgan fingerprint density at radius 3 is 2.87 bits per heavy atom. The molecule has 0 fully saturated rings. The van der Waals surface area contributed by atoms with Crippen LogP contribution in [0.3, 0.4) is 0 Å². The number of hydrogen-bond donors (Lipinski definition) is 0. The third kappa shape index (κ3) is 2.15. The van der Waals surface area contributed by atoms with Crippen LogP contribution in [0.4, 0.5) is 0 Å². The zero-order valence-corrected chi connectivity index (χ0v) is 9.71. The molecule has 15 heavy (non-hydrogen) atoms.